The van der Waals surface area contributed by atoms with Gasteiger partial charge >= 0.3 is 0 Å². The van der Waals surface area contributed by atoms with Crippen LogP contribution in [0.4, 0.5) is 5.69 Å². The van der Waals surface area contributed by atoms with Crippen LogP contribution in [0.25, 0.3) is 16.4 Å². The van der Waals surface area contributed by atoms with Crippen molar-refractivity contribution in [3.8, 4) is 0 Å². The summed E-state index contributed by atoms with van der Waals surface area (Å²) in [5.74, 6) is 0. The van der Waals surface area contributed by atoms with E-state index in [0.29, 0.717) is 0 Å². The number of anilines is 1. The summed E-state index contributed by atoms with van der Waals surface area (Å²) in [5.41, 5.74) is 8.92. The molecule has 3 aromatic rings. The van der Waals surface area contributed by atoms with Crippen LogP contribution >= 0.6 is 0 Å². The Morgan fingerprint density at radius 2 is 1.55 bits per heavy atom. The van der Waals surface area contributed by atoms with E-state index in [9.17, 15) is 0 Å². The first-order chi connectivity index (χ1) is 9.34. The molecule has 3 rings (SSSR count). The van der Waals surface area contributed by atoms with Gasteiger partial charge in [-0.25, -0.2) is 18.6 Å². The lowest BCUT2D eigenvalue weighted by Gasteiger charge is -2.17. The van der Waals surface area contributed by atoms with Gasteiger partial charge in [0.2, 0.25) is 11.0 Å². The Labute approximate surface area is 116 Å². The fraction of sp³-hybridized carbons (Fsp3) is 0. The fourth-order valence-corrected chi connectivity index (χ4v) is 1.90. The van der Waals surface area contributed by atoms with E-state index in [1.54, 1.807) is 0 Å². The summed E-state index contributed by atoms with van der Waals surface area (Å²) in [6.45, 7) is 0. The highest BCUT2D eigenvalue weighted by Crippen LogP contribution is 2.14. The minimum absolute atomic E-state index is 0.798. The first kappa shape index (κ1) is 14.4. The maximum Gasteiger partial charge on any atom is 0.220 e. The zero-order valence-corrected chi connectivity index (χ0v) is 11.0. The van der Waals surface area contributed by atoms with Crippen molar-refractivity contribution in [1.82, 2.24) is 0 Å². The lowest BCUT2D eigenvalue weighted by Crippen LogP contribution is -2.68. The Balaban J connectivity index is 0.000000257. The van der Waals surface area contributed by atoms with Crippen LogP contribution in [0.1, 0.15) is 0 Å². The van der Waals surface area contributed by atoms with Gasteiger partial charge in [-0.15, -0.1) is 10.2 Å². The number of aromatic nitrogens is 1. The van der Waals surface area contributed by atoms with Gasteiger partial charge in [-0.3, -0.25) is 0 Å². The zero-order valence-electron chi connectivity index (χ0n) is 10.2. The van der Waals surface area contributed by atoms with Crippen molar-refractivity contribution in [3.05, 3.63) is 54.7 Å². The molecule has 0 saturated heterocycles. The van der Waals surface area contributed by atoms with Crippen LogP contribution in [-0.2, 0) is 0 Å². The average molecular weight is 295 g/mol. The van der Waals surface area contributed by atoms with Gasteiger partial charge in [0.25, 0.3) is 0 Å². The van der Waals surface area contributed by atoms with Crippen LogP contribution in [0.5, 0.6) is 0 Å². The van der Waals surface area contributed by atoms with E-state index >= 15 is 0 Å². The number of pyridine rings is 2. The van der Waals surface area contributed by atoms with Crippen LogP contribution in [0.3, 0.4) is 0 Å². The number of fused-ring (bicyclic) bond motifs is 3. The highest BCUT2D eigenvalue weighted by molar-refractivity contribution is 5.80. The fourth-order valence-electron chi connectivity index (χ4n) is 1.90. The molecule has 0 bridgehead atoms. The third-order valence-electron chi connectivity index (χ3n) is 2.64. The molecule has 0 fully saturated rings. The standard InChI is InChI=1S/C13H10N2.ClHO4/c14-11-6-4-10-5-7-12-3-1-2-8-15(12)13(10)9-11;2-1(3,4)5/h1-9,14H;(H,2,3,4,5). The Morgan fingerprint density at radius 1 is 0.900 bits per heavy atom. The first-order valence-corrected chi connectivity index (χ1v) is 6.78. The lowest BCUT2D eigenvalue weighted by molar-refractivity contribution is -2.00. The van der Waals surface area contributed by atoms with Gasteiger partial charge in [0, 0.05) is 35.3 Å². The summed E-state index contributed by atoms with van der Waals surface area (Å²) < 4.78 is 36.1. The number of benzene rings is 1. The largest absolute Gasteiger partial charge is 0.399 e. The van der Waals surface area contributed by atoms with Crippen LogP contribution < -0.4 is 28.8 Å². The number of hydrogen-bond donors (Lipinski definition) is 1. The molecule has 0 aliphatic rings. The normalized spacial score (nSPS) is 11.2. The molecule has 2 N–H and O–H groups in total. The maximum absolute atomic E-state index is 8.49. The van der Waals surface area contributed by atoms with Crippen LogP contribution in [0, 0.1) is 10.2 Å². The Hall–Kier alpha value is -1.96. The van der Waals surface area contributed by atoms with Crippen LogP contribution in [0.15, 0.2) is 54.7 Å². The minimum Gasteiger partial charge on any atom is -0.399 e. The molecule has 2 aromatic heterocycles. The topological polar surface area (TPSA) is 122 Å². The first-order valence-electron chi connectivity index (χ1n) is 5.55. The summed E-state index contributed by atoms with van der Waals surface area (Å²) in [5, 5.41) is 1.20. The summed E-state index contributed by atoms with van der Waals surface area (Å²) in [4.78, 5) is 0. The van der Waals surface area contributed by atoms with E-state index in [4.69, 9.17) is 24.4 Å². The molecule has 1 aromatic carbocycles. The Morgan fingerprint density at radius 3 is 2.25 bits per heavy atom. The van der Waals surface area contributed by atoms with Crippen molar-refractivity contribution in [2.75, 3.05) is 5.73 Å². The second-order valence-corrected chi connectivity index (χ2v) is 4.78. The van der Waals surface area contributed by atoms with E-state index in [-0.39, 0.29) is 0 Å². The molecule has 0 aliphatic carbocycles. The molecule has 0 aliphatic heterocycles. The Bertz CT molecular complexity index is 737. The highest BCUT2D eigenvalue weighted by atomic mass is 35.7. The smallest absolute Gasteiger partial charge is 0.220 e. The monoisotopic (exact) mass is 294 g/mol. The summed E-state index contributed by atoms with van der Waals surface area (Å²) in [6, 6.07) is 16.3. The quantitative estimate of drug-likeness (QED) is 0.277. The molecule has 0 atom stereocenters. The number of nitrogens with zero attached hydrogens (tertiary/aromatic N) is 1. The summed E-state index contributed by atoms with van der Waals surface area (Å²) in [6.07, 6.45) is 2.05. The van der Waals surface area contributed by atoms with E-state index < -0.39 is 10.2 Å². The average Bonchev–Trinajstić information content (AvgIpc) is 2.36. The molecule has 0 unspecified atom stereocenters. The van der Waals surface area contributed by atoms with Gasteiger partial charge in [0.1, 0.15) is 0 Å². The molecule has 20 heavy (non-hydrogen) atoms. The van der Waals surface area contributed by atoms with Gasteiger partial charge in [0.05, 0.1) is 0 Å². The predicted octanol–water partition coefficient (Wildman–Crippen LogP) is -2.60. The second kappa shape index (κ2) is 5.58. The van der Waals surface area contributed by atoms with Crippen molar-refractivity contribution in [3.63, 3.8) is 0 Å². The number of rotatable bonds is 0. The van der Waals surface area contributed by atoms with Crippen molar-refractivity contribution in [2.45, 2.75) is 0 Å². The van der Waals surface area contributed by atoms with Gasteiger partial charge in [-0.2, -0.15) is 4.40 Å². The Kier molecular flexibility index (Phi) is 4.03. The molecule has 6 nitrogen and oxygen atoms in total. The number of nitrogens with two attached hydrogens (primary N) is 1. The third kappa shape index (κ3) is 3.77. The molecule has 2 heterocycles. The molecule has 0 amide bonds. The number of hydrogen-bond acceptors (Lipinski definition) is 5. The third-order valence-corrected chi connectivity index (χ3v) is 2.64. The molecule has 104 valence electrons. The van der Waals surface area contributed by atoms with Gasteiger partial charge in [-0.05, 0) is 24.3 Å². The number of halogens is 1. The van der Waals surface area contributed by atoms with Crippen LogP contribution in [-0.4, -0.2) is 0 Å². The lowest BCUT2D eigenvalue weighted by atomic mass is 10.2. The SMILES string of the molecule is Nc1ccc2ccc3cccc[n+]3c2c1.[O-][Cl+3]([O-])([O-])[O-]. The maximum atomic E-state index is 8.49. The van der Waals surface area contributed by atoms with E-state index in [1.165, 1.54) is 10.9 Å². The van der Waals surface area contributed by atoms with E-state index in [0.717, 1.165) is 11.2 Å². The van der Waals surface area contributed by atoms with Crippen molar-refractivity contribution in [2.24, 2.45) is 0 Å². The molecular formula is C13H11ClN2O4. The van der Waals surface area contributed by atoms with Crippen molar-refractivity contribution >= 4 is 22.1 Å². The number of nitrogen functional groups attached to an aromatic ring is 1. The van der Waals surface area contributed by atoms with E-state index in [2.05, 4.69) is 28.8 Å². The summed E-state index contributed by atoms with van der Waals surface area (Å²) >= 11 is 0. The molecular weight excluding hydrogens is 284 g/mol. The summed E-state index contributed by atoms with van der Waals surface area (Å²) in [7, 11) is -4.94. The zero-order chi connectivity index (χ0) is 14.8. The van der Waals surface area contributed by atoms with Gasteiger partial charge in [0.15, 0.2) is 6.20 Å². The van der Waals surface area contributed by atoms with Crippen molar-refractivity contribution < 1.29 is 33.3 Å². The molecule has 7 heteroatoms. The van der Waals surface area contributed by atoms with E-state index in [1.807, 2.05) is 30.3 Å². The second-order valence-electron chi connectivity index (χ2n) is 4.03. The predicted molar refractivity (Wildman–Crippen MR) is 61.5 cm³/mol. The molecule has 0 saturated carbocycles. The van der Waals surface area contributed by atoms with Crippen molar-refractivity contribution in [1.29, 1.82) is 0 Å². The van der Waals surface area contributed by atoms with Gasteiger partial charge < -0.3 is 5.73 Å². The van der Waals surface area contributed by atoms with Crippen LogP contribution in [0.2, 0.25) is 0 Å². The van der Waals surface area contributed by atoms with Gasteiger partial charge in [-0.1, -0.05) is 0 Å². The minimum atomic E-state index is -4.94. The highest BCUT2D eigenvalue weighted by Gasteiger charge is 2.07. The molecule has 0 spiro atoms. The molecule has 0 radical (unpaired) electrons.